The van der Waals surface area contributed by atoms with Gasteiger partial charge in [-0.25, -0.2) is 18.6 Å². The van der Waals surface area contributed by atoms with Gasteiger partial charge in [-0.05, 0) is 36.6 Å². The van der Waals surface area contributed by atoms with Crippen LogP contribution in [0.4, 0.5) is 30.9 Å². The van der Waals surface area contributed by atoms with Crippen LogP contribution in [-0.2, 0) is 4.79 Å². The molecule has 2 aromatic carbocycles. The highest BCUT2D eigenvalue weighted by atomic mass is 32.2. The van der Waals surface area contributed by atoms with E-state index in [1.807, 2.05) is 6.26 Å². The third-order valence-corrected chi connectivity index (χ3v) is 6.24. The average Bonchev–Trinajstić information content (AvgIpc) is 2.94. The highest BCUT2D eigenvalue weighted by Crippen LogP contribution is 2.35. The number of piperazine rings is 1. The summed E-state index contributed by atoms with van der Waals surface area (Å²) in [5.74, 6) is 0.265. The average molecular weight is 557 g/mol. The summed E-state index contributed by atoms with van der Waals surface area (Å²) in [6.07, 6.45) is 1.14. The van der Waals surface area contributed by atoms with Gasteiger partial charge in [0.2, 0.25) is 17.7 Å². The van der Waals surface area contributed by atoms with Gasteiger partial charge in [0.25, 0.3) is 6.43 Å². The number of alkyl halides is 2. The van der Waals surface area contributed by atoms with E-state index in [1.165, 1.54) is 28.8 Å². The van der Waals surface area contributed by atoms with E-state index >= 15 is 0 Å². The quantitative estimate of drug-likeness (QED) is 0.241. The van der Waals surface area contributed by atoms with Crippen LogP contribution >= 0.6 is 11.8 Å². The number of hydrogen-bond acceptors (Lipinski definition) is 9. The Morgan fingerprint density at radius 1 is 1.21 bits per heavy atom. The molecule has 39 heavy (non-hydrogen) atoms. The largest absolute Gasteiger partial charge is 0.438 e. The van der Waals surface area contributed by atoms with E-state index in [9.17, 15) is 18.4 Å². The number of halogens is 2. The molecule has 0 unspecified atom stereocenters. The van der Waals surface area contributed by atoms with Gasteiger partial charge in [0.05, 0.1) is 10.6 Å². The molecule has 0 spiro atoms. The molecule has 0 aliphatic carbocycles. The van der Waals surface area contributed by atoms with Gasteiger partial charge >= 0.3 is 6.09 Å². The van der Waals surface area contributed by atoms with Crippen molar-refractivity contribution in [2.45, 2.75) is 11.3 Å². The molecule has 1 fully saturated rings. The smallest absolute Gasteiger partial charge is 0.415 e. The van der Waals surface area contributed by atoms with Crippen molar-refractivity contribution >= 4 is 41.1 Å². The lowest BCUT2D eigenvalue weighted by Gasteiger charge is -2.26. The van der Waals surface area contributed by atoms with Crippen molar-refractivity contribution in [3.05, 3.63) is 66.9 Å². The highest BCUT2D eigenvalue weighted by Gasteiger charge is 2.21. The van der Waals surface area contributed by atoms with Gasteiger partial charge in [-0.2, -0.15) is 4.98 Å². The molecule has 0 radical (unpaired) electrons. The standard InChI is InChI=1S/C26H26F2N6O4S/c1-3-22(35)31-17-5-4-6-18(14-17)37-24-21(39-2)15-30-25(33-24)32-19-8-7-16(23(27)28)13-20(19)38-26(36)34-11-9-29-10-12-34/h3-8,13-15,23,29H,1,9-12H2,2H3,(H,31,35)(H,30,32,33). The second kappa shape index (κ2) is 13.0. The zero-order valence-corrected chi connectivity index (χ0v) is 21.8. The van der Waals surface area contributed by atoms with Gasteiger partial charge in [0.1, 0.15) is 5.75 Å². The molecule has 2 heterocycles. The fourth-order valence-corrected chi connectivity index (χ4v) is 3.98. The minimum Gasteiger partial charge on any atom is -0.438 e. The Bertz CT molecular complexity index is 1350. The fourth-order valence-electron chi connectivity index (χ4n) is 3.56. The molecule has 2 amide bonds. The molecule has 1 aliphatic rings. The molecule has 0 atom stereocenters. The van der Waals surface area contributed by atoms with Gasteiger partial charge in [0.15, 0.2) is 5.75 Å². The summed E-state index contributed by atoms with van der Waals surface area (Å²) in [6.45, 7) is 5.53. The summed E-state index contributed by atoms with van der Waals surface area (Å²) < 4.78 is 38.3. The van der Waals surface area contributed by atoms with Crippen molar-refractivity contribution in [2.75, 3.05) is 43.1 Å². The predicted octanol–water partition coefficient (Wildman–Crippen LogP) is 5.20. The van der Waals surface area contributed by atoms with Crippen molar-refractivity contribution < 1.29 is 27.8 Å². The second-order valence-electron chi connectivity index (χ2n) is 8.18. The molecular weight excluding hydrogens is 530 g/mol. The summed E-state index contributed by atoms with van der Waals surface area (Å²) in [7, 11) is 0. The molecular formula is C26H26F2N6O4S. The Kier molecular flexibility index (Phi) is 9.28. The van der Waals surface area contributed by atoms with Crippen molar-refractivity contribution in [1.82, 2.24) is 20.2 Å². The Hall–Kier alpha value is -4.23. The molecule has 1 saturated heterocycles. The lowest BCUT2D eigenvalue weighted by Crippen LogP contribution is -2.47. The molecule has 204 valence electrons. The molecule has 1 aromatic heterocycles. The molecule has 4 rings (SSSR count). The van der Waals surface area contributed by atoms with Crippen LogP contribution in [0.25, 0.3) is 0 Å². The van der Waals surface area contributed by atoms with E-state index in [0.717, 1.165) is 12.1 Å². The number of rotatable bonds is 9. The summed E-state index contributed by atoms with van der Waals surface area (Å²) in [6, 6.07) is 10.4. The summed E-state index contributed by atoms with van der Waals surface area (Å²) >= 11 is 1.36. The van der Waals surface area contributed by atoms with Crippen LogP contribution in [-0.4, -0.2) is 59.3 Å². The molecule has 1 aliphatic heterocycles. The van der Waals surface area contributed by atoms with E-state index in [1.54, 1.807) is 30.5 Å². The number of anilines is 3. The summed E-state index contributed by atoms with van der Waals surface area (Å²) in [5.41, 5.74) is 0.431. The third kappa shape index (κ3) is 7.42. The first-order valence-corrected chi connectivity index (χ1v) is 13.1. The number of hydrogen-bond donors (Lipinski definition) is 3. The number of carbonyl (C=O) groups excluding carboxylic acids is 2. The number of amides is 2. The van der Waals surface area contributed by atoms with Crippen molar-refractivity contribution in [3.63, 3.8) is 0 Å². The van der Waals surface area contributed by atoms with Crippen molar-refractivity contribution in [1.29, 1.82) is 0 Å². The van der Waals surface area contributed by atoms with E-state index < -0.39 is 12.5 Å². The summed E-state index contributed by atoms with van der Waals surface area (Å²) in [4.78, 5) is 35.2. The number of nitrogens with zero attached hydrogens (tertiary/aromatic N) is 3. The van der Waals surface area contributed by atoms with E-state index in [0.29, 0.717) is 42.5 Å². The molecule has 3 N–H and O–H groups in total. The maximum Gasteiger partial charge on any atom is 0.415 e. The lowest BCUT2D eigenvalue weighted by atomic mass is 10.2. The zero-order valence-electron chi connectivity index (χ0n) is 20.9. The minimum atomic E-state index is -2.75. The number of carbonyl (C=O) groups is 2. The summed E-state index contributed by atoms with van der Waals surface area (Å²) in [5, 5.41) is 8.73. The Morgan fingerprint density at radius 3 is 2.72 bits per heavy atom. The van der Waals surface area contributed by atoms with Crippen molar-refractivity contribution in [3.8, 4) is 17.4 Å². The van der Waals surface area contributed by atoms with E-state index in [-0.39, 0.29) is 34.7 Å². The highest BCUT2D eigenvalue weighted by molar-refractivity contribution is 7.98. The lowest BCUT2D eigenvalue weighted by molar-refractivity contribution is -0.111. The normalized spacial score (nSPS) is 13.1. The molecule has 3 aromatic rings. The van der Waals surface area contributed by atoms with Crippen LogP contribution in [0.3, 0.4) is 0 Å². The fraction of sp³-hybridized carbons (Fsp3) is 0.231. The maximum absolute atomic E-state index is 13.4. The number of thioether (sulfide) groups is 1. The van der Waals surface area contributed by atoms with Crippen LogP contribution in [0.5, 0.6) is 17.4 Å². The molecule has 0 bridgehead atoms. The number of benzene rings is 2. The zero-order chi connectivity index (χ0) is 27.8. The minimum absolute atomic E-state index is 0.0815. The Balaban J connectivity index is 1.58. The second-order valence-corrected chi connectivity index (χ2v) is 9.02. The molecule has 0 saturated carbocycles. The van der Waals surface area contributed by atoms with Crippen LogP contribution < -0.4 is 25.4 Å². The Morgan fingerprint density at radius 2 is 2.00 bits per heavy atom. The topological polar surface area (TPSA) is 118 Å². The van der Waals surface area contributed by atoms with Crippen LogP contribution in [0.15, 0.2) is 66.2 Å². The first-order valence-electron chi connectivity index (χ1n) is 11.8. The third-order valence-electron chi connectivity index (χ3n) is 5.52. The number of nitrogens with one attached hydrogen (secondary N) is 3. The van der Waals surface area contributed by atoms with Gasteiger partial charge in [-0.15, -0.1) is 11.8 Å². The number of ether oxygens (including phenoxy) is 2. The van der Waals surface area contributed by atoms with Gasteiger partial charge in [-0.3, -0.25) is 4.79 Å². The monoisotopic (exact) mass is 556 g/mol. The molecule has 13 heteroatoms. The van der Waals surface area contributed by atoms with Gasteiger partial charge in [-0.1, -0.05) is 18.7 Å². The first-order chi connectivity index (χ1) is 18.9. The molecule has 10 nitrogen and oxygen atoms in total. The van der Waals surface area contributed by atoms with E-state index in [4.69, 9.17) is 9.47 Å². The first kappa shape index (κ1) is 27.8. The van der Waals surface area contributed by atoms with Gasteiger partial charge < -0.3 is 30.3 Å². The predicted molar refractivity (Wildman–Crippen MR) is 144 cm³/mol. The number of aromatic nitrogens is 2. The van der Waals surface area contributed by atoms with E-state index in [2.05, 4.69) is 32.5 Å². The Labute approximate surface area is 227 Å². The van der Waals surface area contributed by atoms with Crippen LogP contribution in [0.1, 0.15) is 12.0 Å². The SMILES string of the molecule is C=CC(=O)Nc1cccc(Oc2nc(Nc3ccc(C(F)F)cc3OC(=O)N3CCNCC3)ncc2SC)c1. The van der Waals surface area contributed by atoms with Crippen molar-refractivity contribution in [2.24, 2.45) is 0 Å². The van der Waals surface area contributed by atoms with Crippen LogP contribution in [0, 0.1) is 0 Å². The van der Waals surface area contributed by atoms with Gasteiger partial charge in [0, 0.05) is 49.7 Å². The maximum atomic E-state index is 13.4. The van der Waals surface area contributed by atoms with Crippen LogP contribution in [0.2, 0.25) is 0 Å².